The monoisotopic (exact) mass is 383 g/mol. The van der Waals surface area contributed by atoms with Gasteiger partial charge in [-0.15, -0.1) is 0 Å². The van der Waals surface area contributed by atoms with Crippen molar-refractivity contribution in [3.63, 3.8) is 0 Å². The number of imide groups is 1. The molecule has 7 heteroatoms. The first-order chi connectivity index (χ1) is 13.5. The molecule has 0 radical (unpaired) electrons. The Bertz CT molecular complexity index is 884. The smallest absolute Gasteiger partial charge is 0.251 e. The topological polar surface area (TPSA) is 69.7 Å². The number of anilines is 2. The number of carbonyl (C=O) groups is 3. The van der Waals surface area contributed by atoms with E-state index in [0.717, 1.165) is 4.90 Å². The molecule has 0 aromatic heterocycles. The fourth-order valence-electron chi connectivity index (χ4n) is 3.15. The fourth-order valence-corrected chi connectivity index (χ4v) is 3.15. The summed E-state index contributed by atoms with van der Waals surface area (Å²) in [6, 6.07) is 13.0. The molecule has 3 rings (SSSR count). The van der Waals surface area contributed by atoms with Gasteiger partial charge in [0.05, 0.1) is 11.4 Å². The summed E-state index contributed by atoms with van der Waals surface area (Å²) in [7, 11) is 1.80. The minimum Gasteiger partial charge on any atom is -0.372 e. The third-order valence-corrected chi connectivity index (χ3v) is 4.64. The highest BCUT2D eigenvalue weighted by atomic mass is 19.1. The second-order valence-electron chi connectivity index (χ2n) is 6.66. The lowest BCUT2D eigenvalue weighted by Crippen LogP contribution is -2.30. The predicted octanol–water partition coefficient (Wildman–Crippen LogP) is 2.74. The van der Waals surface area contributed by atoms with Gasteiger partial charge in [-0.25, -0.2) is 4.39 Å². The minimum atomic E-state index is -0.283. The second-order valence-corrected chi connectivity index (χ2v) is 6.66. The van der Waals surface area contributed by atoms with Gasteiger partial charge in [0.1, 0.15) is 5.82 Å². The summed E-state index contributed by atoms with van der Waals surface area (Å²) in [5, 5.41) is 2.81. The molecule has 1 N–H and O–H groups in total. The van der Waals surface area contributed by atoms with Crippen LogP contribution in [-0.4, -0.2) is 37.9 Å². The third-order valence-electron chi connectivity index (χ3n) is 4.64. The quantitative estimate of drug-likeness (QED) is 0.590. The maximum atomic E-state index is 13.8. The Balaban J connectivity index is 1.53. The van der Waals surface area contributed by atoms with Crippen LogP contribution in [0.5, 0.6) is 0 Å². The molecule has 0 unspecified atom stereocenters. The van der Waals surface area contributed by atoms with E-state index in [2.05, 4.69) is 5.32 Å². The third kappa shape index (κ3) is 4.36. The van der Waals surface area contributed by atoms with Crippen LogP contribution in [0.2, 0.25) is 0 Å². The van der Waals surface area contributed by atoms with Crippen molar-refractivity contribution in [3.05, 3.63) is 59.9 Å². The van der Waals surface area contributed by atoms with Crippen molar-refractivity contribution in [2.75, 3.05) is 29.9 Å². The van der Waals surface area contributed by atoms with Gasteiger partial charge in [0, 0.05) is 38.5 Å². The molecular weight excluding hydrogens is 361 g/mol. The maximum absolute atomic E-state index is 13.8. The van der Waals surface area contributed by atoms with Gasteiger partial charge >= 0.3 is 0 Å². The van der Waals surface area contributed by atoms with E-state index < -0.39 is 0 Å². The average molecular weight is 383 g/mol. The van der Waals surface area contributed by atoms with Crippen molar-refractivity contribution in [2.24, 2.45) is 0 Å². The van der Waals surface area contributed by atoms with Crippen molar-refractivity contribution in [1.82, 2.24) is 5.32 Å². The zero-order chi connectivity index (χ0) is 20.1. The largest absolute Gasteiger partial charge is 0.372 e. The van der Waals surface area contributed by atoms with Gasteiger partial charge in [0.25, 0.3) is 5.91 Å². The molecule has 6 nitrogen and oxygen atoms in total. The van der Waals surface area contributed by atoms with E-state index in [1.54, 1.807) is 54.4 Å². The van der Waals surface area contributed by atoms with Crippen LogP contribution in [0, 0.1) is 5.82 Å². The number of halogens is 1. The van der Waals surface area contributed by atoms with E-state index >= 15 is 0 Å². The SMILES string of the molecule is CN(CCCNC(=O)c1cccc(N2C(=O)CCC2=O)c1)c1ccccc1F. The van der Waals surface area contributed by atoms with Gasteiger partial charge in [-0.05, 0) is 36.8 Å². The van der Waals surface area contributed by atoms with Crippen molar-refractivity contribution >= 4 is 29.1 Å². The minimum absolute atomic E-state index is 0.199. The van der Waals surface area contributed by atoms with Crippen LogP contribution in [0.15, 0.2) is 48.5 Å². The van der Waals surface area contributed by atoms with Crippen molar-refractivity contribution in [2.45, 2.75) is 19.3 Å². The molecule has 146 valence electrons. The van der Waals surface area contributed by atoms with Crippen LogP contribution in [0.3, 0.4) is 0 Å². The molecular formula is C21H22FN3O3. The highest BCUT2D eigenvalue weighted by molar-refractivity contribution is 6.20. The molecule has 2 aromatic rings. The maximum Gasteiger partial charge on any atom is 0.251 e. The Morgan fingerprint density at radius 1 is 1.11 bits per heavy atom. The standard InChI is InChI=1S/C21H22FN3O3/c1-24(18-9-3-2-8-17(18)22)13-5-12-23-21(28)15-6-4-7-16(14-15)25-19(26)10-11-20(25)27/h2-4,6-9,14H,5,10-13H2,1H3,(H,23,28). The zero-order valence-electron chi connectivity index (χ0n) is 15.7. The second kappa shape index (κ2) is 8.65. The van der Waals surface area contributed by atoms with Gasteiger partial charge < -0.3 is 10.2 Å². The van der Waals surface area contributed by atoms with Crippen LogP contribution in [-0.2, 0) is 9.59 Å². The molecule has 0 saturated carbocycles. The number of hydrogen-bond acceptors (Lipinski definition) is 4. The number of nitrogens with zero attached hydrogens (tertiary/aromatic N) is 2. The molecule has 0 spiro atoms. The van der Waals surface area contributed by atoms with Crippen molar-refractivity contribution in [1.29, 1.82) is 0 Å². The molecule has 1 heterocycles. The molecule has 2 aromatic carbocycles. The Kier molecular flexibility index (Phi) is 6.03. The summed E-state index contributed by atoms with van der Waals surface area (Å²) < 4.78 is 13.8. The Labute approximate surface area is 162 Å². The summed E-state index contributed by atoms with van der Waals surface area (Å²) in [4.78, 5) is 39.0. The molecule has 0 bridgehead atoms. The van der Waals surface area contributed by atoms with E-state index in [1.807, 2.05) is 0 Å². The van der Waals surface area contributed by atoms with E-state index in [9.17, 15) is 18.8 Å². The Morgan fingerprint density at radius 2 is 1.82 bits per heavy atom. The number of hydrogen-bond donors (Lipinski definition) is 1. The summed E-state index contributed by atoms with van der Waals surface area (Å²) in [6.07, 6.45) is 1.04. The normalized spacial score (nSPS) is 13.7. The molecule has 3 amide bonds. The number of benzene rings is 2. The van der Waals surface area contributed by atoms with Gasteiger partial charge in [0.2, 0.25) is 11.8 Å². The molecule has 28 heavy (non-hydrogen) atoms. The molecule has 1 fully saturated rings. The van der Waals surface area contributed by atoms with Crippen molar-refractivity contribution in [3.8, 4) is 0 Å². The van der Waals surface area contributed by atoms with E-state index in [1.165, 1.54) is 6.07 Å². The number of nitrogens with one attached hydrogen (secondary N) is 1. The number of rotatable bonds is 7. The molecule has 1 aliphatic rings. The molecule has 0 aliphatic carbocycles. The molecule has 0 atom stereocenters. The number of para-hydroxylation sites is 1. The van der Waals surface area contributed by atoms with E-state index in [-0.39, 0.29) is 36.4 Å². The Hall–Kier alpha value is -3.22. The highest BCUT2D eigenvalue weighted by Crippen LogP contribution is 2.23. The number of amides is 3. The highest BCUT2D eigenvalue weighted by Gasteiger charge is 2.30. The van der Waals surface area contributed by atoms with E-state index in [4.69, 9.17) is 0 Å². The summed E-state index contributed by atoms with van der Waals surface area (Å²) in [6.45, 7) is 1.00. The van der Waals surface area contributed by atoms with Gasteiger partial charge in [-0.1, -0.05) is 18.2 Å². The first-order valence-corrected chi connectivity index (χ1v) is 9.17. The molecule has 1 aliphatic heterocycles. The average Bonchev–Trinajstić information content (AvgIpc) is 3.03. The summed E-state index contributed by atoms with van der Waals surface area (Å²) >= 11 is 0. The van der Waals surface area contributed by atoms with Gasteiger partial charge in [-0.2, -0.15) is 0 Å². The van der Waals surface area contributed by atoms with Crippen LogP contribution in [0.25, 0.3) is 0 Å². The van der Waals surface area contributed by atoms with Crippen LogP contribution in [0.1, 0.15) is 29.6 Å². The summed E-state index contributed by atoms with van der Waals surface area (Å²) in [5.41, 5.74) is 1.31. The van der Waals surface area contributed by atoms with E-state index in [0.29, 0.717) is 36.4 Å². The van der Waals surface area contributed by atoms with Gasteiger partial charge in [-0.3, -0.25) is 19.3 Å². The first kappa shape index (κ1) is 19.5. The van der Waals surface area contributed by atoms with Gasteiger partial charge in [0.15, 0.2) is 0 Å². The number of carbonyl (C=O) groups excluding carboxylic acids is 3. The van der Waals surface area contributed by atoms with Crippen LogP contribution < -0.4 is 15.1 Å². The Morgan fingerprint density at radius 3 is 2.54 bits per heavy atom. The fraction of sp³-hybridized carbons (Fsp3) is 0.286. The predicted molar refractivity (Wildman–Crippen MR) is 105 cm³/mol. The van der Waals surface area contributed by atoms with Crippen LogP contribution in [0.4, 0.5) is 15.8 Å². The van der Waals surface area contributed by atoms with Crippen molar-refractivity contribution < 1.29 is 18.8 Å². The first-order valence-electron chi connectivity index (χ1n) is 9.17. The lowest BCUT2D eigenvalue weighted by atomic mass is 10.1. The zero-order valence-corrected chi connectivity index (χ0v) is 15.7. The summed E-state index contributed by atoms with van der Waals surface area (Å²) in [5.74, 6) is -1.07. The lowest BCUT2D eigenvalue weighted by Gasteiger charge is -2.20. The molecule has 1 saturated heterocycles. The lowest BCUT2D eigenvalue weighted by molar-refractivity contribution is -0.121. The van der Waals surface area contributed by atoms with Crippen LogP contribution >= 0.6 is 0 Å².